The van der Waals surface area contributed by atoms with Crippen LogP contribution in [0, 0.1) is 5.82 Å². The van der Waals surface area contributed by atoms with E-state index in [1.54, 1.807) is 18.3 Å². The van der Waals surface area contributed by atoms with Gasteiger partial charge >= 0.3 is 0 Å². The van der Waals surface area contributed by atoms with Crippen LogP contribution in [0.1, 0.15) is 12.0 Å². The van der Waals surface area contributed by atoms with Crippen LogP contribution in [0.4, 0.5) is 10.1 Å². The summed E-state index contributed by atoms with van der Waals surface area (Å²) in [5, 5.41) is 7.10. The Labute approximate surface area is 150 Å². The van der Waals surface area contributed by atoms with E-state index in [9.17, 15) is 9.18 Å². The molecule has 128 valence electrons. The van der Waals surface area contributed by atoms with Crippen molar-refractivity contribution in [2.75, 3.05) is 11.1 Å². The van der Waals surface area contributed by atoms with E-state index in [-0.39, 0.29) is 11.7 Å². The van der Waals surface area contributed by atoms with Crippen molar-refractivity contribution in [3.8, 4) is 0 Å². The van der Waals surface area contributed by atoms with E-state index in [0.717, 1.165) is 16.1 Å². The van der Waals surface area contributed by atoms with Crippen LogP contribution in [0.5, 0.6) is 0 Å². The monoisotopic (exact) mass is 355 g/mol. The minimum absolute atomic E-state index is 0.0362. The zero-order valence-corrected chi connectivity index (χ0v) is 14.4. The van der Waals surface area contributed by atoms with E-state index >= 15 is 0 Å². The third-order valence-electron chi connectivity index (χ3n) is 3.53. The Hall–Kier alpha value is -2.60. The second-order valence-corrected chi connectivity index (χ2v) is 6.67. The predicted molar refractivity (Wildman–Crippen MR) is 98.1 cm³/mol. The maximum atomic E-state index is 12.9. The minimum Gasteiger partial charge on any atom is -0.326 e. The number of hydrogen-bond donors (Lipinski definition) is 1. The number of thioether (sulfide) groups is 1. The number of carbonyl (C=O) groups is 1. The lowest BCUT2D eigenvalue weighted by atomic mass is 10.2. The van der Waals surface area contributed by atoms with Gasteiger partial charge < -0.3 is 5.32 Å². The molecule has 0 saturated heterocycles. The number of anilines is 1. The lowest BCUT2D eigenvalue weighted by Gasteiger charge is -2.08. The number of amides is 1. The molecule has 1 amide bonds. The first-order valence-electron chi connectivity index (χ1n) is 7.94. The maximum Gasteiger partial charge on any atom is 0.225 e. The number of rotatable bonds is 7. The first kappa shape index (κ1) is 17.2. The van der Waals surface area contributed by atoms with E-state index in [2.05, 4.69) is 10.4 Å². The van der Waals surface area contributed by atoms with Gasteiger partial charge in [0.05, 0.1) is 6.54 Å². The fraction of sp³-hybridized carbons (Fsp3) is 0.158. The number of nitrogens with zero attached hydrogens (tertiary/aromatic N) is 2. The summed E-state index contributed by atoms with van der Waals surface area (Å²) in [5.41, 5.74) is 1.85. The zero-order valence-electron chi connectivity index (χ0n) is 13.6. The highest BCUT2D eigenvalue weighted by molar-refractivity contribution is 7.99. The van der Waals surface area contributed by atoms with Gasteiger partial charge in [-0.3, -0.25) is 9.48 Å². The van der Waals surface area contributed by atoms with Crippen LogP contribution in [0.3, 0.4) is 0 Å². The van der Waals surface area contributed by atoms with Crippen molar-refractivity contribution in [2.24, 2.45) is 0 Å². The van der Waals surface area contributed by atoms with E-state index < -0.39 is 0 Å². The summed E-state index contributed by atoms with van der Waals surface area (Å²) >= 11 is 1.53. The van der Waals surface area contributed by atoms with Crippen molar-refractivity contribution in [1.29, 1.82) is 0 Å². The van der Waals surface area contributed by atoms with Crippen molar-refractivity contribution in [2.45, 2.75) is 17.9 Å². The van der Waals surface area contributed by atoms with Crippen molar-refractivity contribution >= 4 is 23.4 Å². The molecule has 0 radical (unpaired) electrons. The van der Waals surface area contributed by atoms with E-state index in [1.165, 1.54) is 23.9 Å². The van der Waals surface area contributed by atoms with Gasteiger partial charge in [0.15, 0.2) is 0 Å². The topological polar surface area (TPSA) is 46.9 Å². The number of halogens is 1. The Kier molecular flexibility index (Phi) is 5.85. The zero-order chi connectivity index (χ0) is 17.5. The summed E-state index contributed by atoms with van der Waals surface area (Å²) < 4.78 is 14.7. The van der Waals surface area contributed by atoms with E-state index in [4.69, 9.17) is 0 Å². The molecule has 1 heterocycles. The molecule has 0 aliphatic heterocycles. The largest absolute Gasteiger partial charge is 0.326 e. The van der Waals surface area contributed by atoms with Crippen LogP contribution in [-0.4, -0.2) is 21.4 Å². The lowest BCUT2D eigenvalue weighted by molar-refractivity contribution is -0.115. The van der Waals surface area contributed by atoms with Crippen LogP contribution < -0.4 is 5.32 Å². The van der Waals surface area contributed by atoms with E-state index in [1.807, 2.05) is 41.2 Å². The van der Waals surface area contributed by atoms with Gasteiger partial charge in [-0.1, -0.05) is 12.1 Å². The summed E-state index contributed by atoms with van der Waals surface area (Å²) in [7, 11) is 0. The highest BCUT2D eigenvalue weighted by Crippen LogP contribution is 2.19. The molecule has 25 heavy (non-hydrogen) atoms. The van der Waals surface area contributed by atoms with Gasteiger partial charge in [0.25, 0.3) is 0 Å². The fourth-order valence-electron chi connectivity index (χ4n) is 2.34. The molecule has 3 aromatic rings. The summed E-state index contributed by atoms with van der Waals surface area (Å²) in [6.45, 7) is 0.664. The number of hydrogen-bond acceptors (Lipinski definition) is 3. The number of nitrogens with one attached hydrogen (secondary N) is 1. The standard InChI is InChI=1S/C19H18FN3OS/c20-16-5-7-18(8-6-16)25-12-9-19(24)22-17-4-1-3-15(13-17)14-23-11-2-10-21-23/h1-8,10-11,13H,9,12,14H2,(H,22,24). The Morgan fingerprint density at radius 2 is 2.00 bits per heavy atom. The molecule has 1 aromatic heterocycles. The minimum atomic E-state index is -0.253. The first-order chi connectivity index (χ1) is 12.2. The SMILES string of the molecule is O=C(CCSc1ccc(F)cc1)Nc1cccc(Cn2cccn2)c1. The fourth-order valence-corrected chi connectivity index (χ4v) is 3.20. The smallest absolute Gasteiger partial charge is 0.225 e. The molecule has 1 N–H and O–H groups in total. The lowest BCUT2D eigenvalue weighted by Crippen LogP contribution is -2.12. The van der Waals surface area contributed by atoms with Gasteiger partial charge in [-0.05, 0) is 48.0 Å². The molecule has 0 fully saturated rings. The molecule has 6 heteroatoms. The second-order valence-electron chi connectivity index (χ2n) is 5.50. The summed E-state index contributed by atoms with van der Waals surface area (Å²) in [6, 6.07) is 15.9. The van der Waals surface area contributed by atoms with E-state index in [0.29, 0.717) is 18.7 Å². The van der Waals surface area contributed by atoms with Crippen LogP contribution in [0.15, 0.2) is 71.9 Å². The van der Waals surface area contributed by atoms with Gasteiger partial charge in [0.2, 0.25) is 5.91 Å². The highest BCUT2D eigenvalue weighted by Gasteiger charge is 2.04. The average Bonchev–Trinajstić information content (AvgIpc) is 3.10. The van der Waals surface area contributed by atoms with Gasteiger partial charge in [-0.25, -0.2) is 4.39 Å². The number of aromatic nitrogens is 2. The van der Waals surface area contributed by atoms with Crippen molar-refractivity contribution < 1.29 is 9.18 Å². The van der Waals surface area contributed by atoms with Gasteiger partial charge in [-0.15, -0.1) is 11.8 Å². The average molecular weight is 355 g/mol. The highest BCUT2D eigenvalue weighted by atomic mass is 32.2. The normalized spacial score (nSPS) is 10.6. The first-order valence-corrected chi connectivity index (χ1v) is 8.92. The Bertz CT molecular complexity index is 819. The second kappa shape index (κ2) is 8.48. The summed E-state index contributed by atoms with van der Waals surface area (Å²) in [5.74, 6) is 0.354. The predicted octanol–water partition coefficient (Wildman–Crippen LogP) is 4.19. The summed E-state index contributed by atoms with van der Waals surface area (Å²) in [4.78, 5) is 13.0. The van der Waals surface area contributed by atoms with Gasteiger partial charge in [0.1, 0.15) is 5.82 Å². The van der Waals surface area contributed by atoms with Crippen molar-refractivity contribution in [3.05, 3.63) is 78.4 Å². The number of carbonyl (C=O) groups excluding carboxylic acids is 1. The molecule has 0 spiro atoms. The molecule has 0 saturated carbocycles. The van der Waals surface area contributed by atoms with Gasteiger partial charge in [-0.2, -0.15) is 5.10 Å². The van der Waals surface area contributed by atoms with Crippen LogP contribution in [0.2, 0.25) is 0 Å². The maximum absolute atomic E-state index is 12.9. The molecule has 0 unspecified atom stereocenters. The quantitative estimate of drug-likeness (QED) is 0.647. The Morgan fingerprint density at radius 1 is 1.16 bits per heavy atom. The van der Waals surface area contributed by atoms with Crippen molar-refractivity contribution in [3.63, 3.8) is 0 Å². The molecule has 3 rings (SSSR count). The molecule has 0 atom stereocenters. The molecule has 0 aliphatic carbocycles. The van der Waals surface area contributed by atoms with Crippen LogP contribution >= 0.6 is 11.8 Å². The molecular formula is C19H18FN3OS. The third-order valence-corrected chi connectivity index (χ3v) is 4.54. The third kappa shape index (κ3) is 5.46. The molecule has 0 bridgehead atoms. The van der Waals surface area contributed by atoms with Gasteiger partial charge in [0, 0.05) is 35.2 Å². The Morgan fingerprint density at radius 3 is 2.76 bits per heavy atom. The molecule has 0 aliphatic rings. The van der Waals surface area contributed by atoms with Crippen molar-refractivity contribution in [1.82, 2.24) is 9.78 Å². The van der Waals surface area contributed by atoms with Crippen LogP contribution in [-0.2, 0) is 11.3 Å². The molecular weight excluding hydrogens is 337 g/mol. The number of benzene rings is 2. The molecule has 2 aromatic carbocycles. The summed E-state index contributed by atoms with van der Waals surface area (Å²) in [6.07, 6.45) is 4.04. The molecule has 4 nitrogen and oxygen atoms in total. The Balaban J connectivity index is 1.48. The van der Waals surface area contributed by atoms with Crippen LogP contribution in [0.25, 0.3) is 0 Å².